The molecule has 7 heteroatoms. The number of aromatic nitrogens is 1. The summed E-state index contributed by atoms with van der Waals surface area (Å²) in [6.07, 6.45) is 0.161. The fourth-order valence-electron chi connectivity index (χ4n) is 2.39. The number of halogens is 2. The molecule has 0 aliphatic heterocycles. The van der Waals surface area contributed by atoms with Gasteiger partial charge in [0.2, 0.25) is 5.91 Å². The van der Waals surface area contributed by atoms with E-state index in [4.69, 9.17) is 27.6 Å². The average molecular weight is 365 g/mol. The van der Waals surface area contributed by atoms with Crippen molar-refractivity contribution in [2.24, 2.45) is 0 Å². The maximum absolute atomic E-state index is 12.0. The Morgan fingerprint density at radius 1 is 1.17 bits per heavy atom. The number of nitrogens with one attached hydrogen (secondary N) is 1. The first-order chi connectivity index (χ1) is 11.5. The highest BCUT2D eigenvalue weighted by atomic mass is 35.5. The van der Waals surface area contributed by atoms with E-state index in [1.807, 2.05) is 6.07 Å². The van der Waals surface area contributed by atoms with Gasteiger partial charge in [-0.2, -0.15) is 0 Å². The van der Waals surface area contributed by atoms with Crippen LogP contribution in [0, 0.1) is 0 Å². The third-order valence-electron chi connectivity index (χ3n) is 3.63. The smallest absolute Gasteiger partial charge is 0.408 e. The molecule has 1 heterocycles. The number of benzene rings is 2. The first-order valence-corrected chi connectivity index (χ1v) is 8.09. The van der Waals surface area contributed by atoms with E-state index in [1.165, 1.54) is 4.57 Å². The van der Waals surface area contributed by atoms with Crippen molar-refractivity contribution < 1.29 is 9.21 Å². The summed E-state index contributed by atoms with van der Waals surface area (Å²) in [7, 11) is 0. The highest BCUT2D eigenvalue weighted by Crippen LogP contribution is 2.20. The third kappa shape index (κ3) is 3.63. The molecule has 1 aromatic heterocycles. The largest absolute Gasteiger partial charge is 0.419 e. The van der Waals surface area contributed by atoms with Gasteiger partial charge in [0.05, 0.1) is 5.52 Å². The molecular formula is C17H14Cl2N2O3. The zero-order valence-electron chi connectivity index (χ0n) is 12.6. The van der Waals surface area contributed by atoms with Crippen LogP contribution < -0.4 is 11.1 Å². The second-order valence-corrected chi connectivity index (χ2v) is 6.09. The van der Waals surface area contributed by atoms with Crippen molar-refractivity contribution in [1.82, 2.24) is 9.88 Å². The highest BCUT2D eigenvalue weighted by Gasteiger charge is 2.10. The van der Waals surface area contributed by atoms with Gasteiger partial charge >= 0.3 is 5.76 Å². The van der Waals surface area contributed by atoms with Gasteiger partial charge < -0.3 is 9.73 Å². The molecule has 3 aromatic rings. The number of aryl methyl sites for hydroxylation is 1. The maximum atomic E-state index is 12.0. The van der Waals surface area contributed by atoms with Crippen molar-refractivity contribution in [3.8, 4) is 0 Å². The number of para-hydroxylation sites is 2. The summed E-state index contributed by atoms with van der Waals surface area (Å²) in [6, 6.07) is 12.2. The van der Waals surface area contributed by atoms with E-state index in [2.05, 4.69) is 5.32 Å². The molecule has 0 aliphatic rings. The zero-order valence-corrected chi connectivity index (χ0v) is 14.1. The number of fused-ring (bicyclic) bond motifs is 1. The van der Waals surface area contributed by atoms with Crippen LogP contribution in [0.15, 0.2) is 51.7 Å². The van der Waals surface area contributed by atoms with Gasteiger partial charge in [0.25, 0.3) is 0 Å². The Labute approximate surface area is 147 Å². The first kappa shape index (κ1) is 16.6. The van der Waals surface area contributed by atoms with Crippen molar-refractivity contribution >= 4 is 40.2 Å². The standard InChI is InChI=1S/C17H14Cl2N2O3/c18-12-6-5-11(13(19)9-12)10-20-16(22)7-8-21-14-3-1-2-4-15(14)24-17(21)23/h1-6,9H,7-8,10H2,(H,20,22). The van der Waals surface area contributed by atoms with Crippen LogP contribution in [-0.2, 0) is 17.9 Å². The van der Waals surface area contributed by atoms with Crippen LogP contribution >= 0.6 is 23.2 Å². The van der Waals surface area contributed by atoms with Crippen LogP contribution in [0.3, 0.4) is 0 Å². The Bertz CT molecular complexity index is 946. The van der Waals surface area contributed by atoms with Crippen molar-refractivity contribution in [2.45, 2.75) is 19.5 Å². The molecule has 5 nitrogen and oxygen atoms in total. The summed E-state index contributed by atoms with van der Waals surface area (Å²) < 4.78 is 6.58. The van der Waals surface area contributed by atoms with Crippen molar-refractivity contribution in [2.75, 3.05) is 0 Å². The fourth-order valence-corrected chi connectivity index (χ4v) is 2.86. The van der Waals surface area contributed by atoms with Gasteiger partial charge in [-0.15, -0.1) is 0 Å². The maximum Gasteiger partial charge on any atom is 0.419 e. The lowest BCUT2D eigenvalue weighted by Gasteiger charge is -2.07. The monoisotopic (exact) mass is 364 g/mol. The molecule has 3 rings (SSSR count). The Morgan fingerprint density at radius 2 is 1.96 bits per heavy atom. The minimum atomic E-state index is -0.468. The molecule has 0 bridgehead atoms. The van der Waals surface area contributed by atoms with E-state index in [1.54, 1.807) is 36.4 Å². The Kier molecular flexibility index (Phi) is 4.92. The first-order valence-electron chi connectivity index (χ1n) is 7.33. The molecule has 24 heavy (non-hydrogen) atoms. The van der Waals surface area contributed by atoms with Crippen molar-refractivity contribution in [1.29, 1.82) is 0 Å². The molecule has 2 aromatic carbocycles. The summed E-state index contributed by atoms with van der Waals surface area (Å²) in [4.78, 5) is 23.9. The Balaban J connectivity index is 1.61. The van der Waals surface area contributed by atoms with Gasteiger partial charge in [-0.3, -0.25) is 9.36 Å². The van der Waals surface area contributed by atoms with Gasteiger partial charge in [-0.1, -0.05) is 41.4 Å². The SMILES string of the molecule is O=C(CCn1c(=O)oc2ccccc21)NCc1ccc(Cl)cc1Cl. The topological polar surface area (TPSA) is 64.2 Å². The lowest BCUT2D eigenvalue weighted by molar-refractivity contribution is -0.121. The van der Waals surface area contributed by atoms with E-state index < -0.39 is 5.76 Å². The predicted molar refractivity (Wildman–Crippen MR) is 93.4 cm³/mol. The normalized spacial score (nSPS) is 10.9. The van der Waals surface area contributed by atoms with E-state index >= 15 is 0 Å². The molecule has 0 saturated heterocycles. The van der Waals surface area contributed by atoms with Crippen LogP contribution in [0.1, 0.15) is 12.0 Å². The average Bonchev–Trinajstić information content (AvgIpc) is 2.87. The number of hydrogen-bond acceptors (Lipinski definition) is 3. The lowest BCUT2D eigenvalue weighted by atomic mass is 10.2. The van der Waals surface area contributed by atoms with Crippen LogP contribution in [0.4, 0.5) is 0 Å². The van der Waals surface area contributed by atoms with Crippen molar-refractivity contribution in [3.63, 3.8) is 0 Å². The van der Waals surface area contributed by atoms with Gasteiger partial charge in [-0.25, -0.2) is 4.79 Å². The number of carbonyl (C=O) groups excluding carboxylic acids is 1. The van der Waals surface area contributed by atoms with E-state index in [9.17, 15) is 9.59 Å². The summed E-state index contributed by atoms with van der Waals surface area (Å²) in [5.41, 5.74) is 1.97. The zero-order chi connectivity index (χ0) is 17.1. The van der Waals surface area contributed by atoms with E-state index in [0.717, 1.165) is 5.56 Å². The lowest BCUT2D eigenvalue weighted by Crippen LogP contribution is -2.25. The van der Waals surface area contributed by atoms with Crippen LogP contribution in [0.5, 0.6) is 0 Å². The summed E-state index contributed by atoms with van der Waals surface area (Å²) in [5.74, 6) is -0.650. The number of nitrogens with zero attached hydrogens (tertiary/aromatic N) is 1. The molecule has 0 fully saturated rings. The van der Waals surface area contributed by atoms with E-state index in [-0.39, 0.29) is 18.9 Å². The molecule has 0 aliphatic carbocycles. The Morgan fingerprint density at radius 3 is 2.75 bits per heavy atom. The number of amides is 1. The van der Waals surface area contributed by atoms with Gasteiger partial charge in [0.1, 0.15) is 0 Å². The van der Waals surface area contributed by atoms with Crippen LogP contribution in [-0.4, -0.2) is 10.5 Å². The molecule has 0 saturated carbocycles. The van der Waals surface area contributed by atoms with E-state index in [0.29, 0.717) is 27.7 Å². The summed E-state index contributed by atoms with van der Waals surface area (Å²) in [6.45, 7) is 0.548. The second-order valence-electron chi connectivity index (χ2n) is 5.25. The Hall–Kier alpha value is -2.24. The molecule has 124 valence electrons. The number of rotatable bonds is 5. The summed E-state index contributed by atoms with van der Waals surface area (Å²) in [5, 5.41) is 3.82. The fraction of sp³-hybridized carbons (Fsp3) is 0.176. The molecule has 0 unspecified atom stereocenters. The van der Waals surface area contributed by atoms with Gasteiger partial charge in [0.15, 0.2) is 5.58 Å². The number of oxazole rings is 1. The summed E-state index contributed by atoms with van der Waals surface area (Å²) >= 11 is 11.9. The van der Waals surface area contributed by atoms with Crippen LogP contribution in [0.25, 0.3) is 11.1 Å². The highest BCUT2D eigenvalue weighted by molar-refractivity contribution is 6.35. The number of carbonyl (C=O) groups is 1. The predicted octanol–water partition coefficient (Wildman–Crippen LogP) is 3.61. The van der Waals surface area contributed by atoms with Crippen LogP contribution in [0.2, 0.25) is 10.0 Å². The number of hydrogen-bond donors (Lipinski definition) is 1. The van der Waals surface area contributed by atoms with Gasteiger partial charge in [-0.05, 0) is 29.8 Å². The minimum absolute atomic E-state index is 0.161. The molecule has 0 radical (unpaired) electrons. The second kappa shape index (κ2) is 7.11. The molecule has 0 atom stereocenters. The molecule has 0 spiro atoms. The minimum Gasteiger partial charge on any atom is -0.408 e. The molecule has 1 N–H and O–H groups in total. The van der Waals surface area contributed by atoms with Crippen molar-refractivity contribution in [3.05, 3.63) is 68.6 Å². The quantitative estimate of drug-likeness (QED) is 0.751. The molecular weight excluding hydrogens is 351 g/mol. The third-order valence-corrected chi connectivity index (χ3v) is 4.21. The van der Waals surface area contributed by atoms with Gasteiger partial charge in [0, 0.05) is 29.6 Å². The molecule has 1 amide bonds.